The summed E-state index contributed by atoms with van der Waals surface area (Å²) in [5.41, 5.74) is 9.41. The lowest BCUT2D eigenvalue weighted by molar-refractivity contribution is -0.134. The van der Waals surface area contributed by atoms with E-state index in [2.05, 4.69) is 38.7 Å². The summed E-state index contributed by atoms with van der Waals surface area (Å²) in [5, 5.41) is 10.2. The number of nitrogens with zero attached hydrogens (tertiary/aromatic N) is 5. The number of amides is 1. The van der Waals surface area contributed by atoms with Crippen molar-refractivity contribution in [3.05, 3.63) is 59.8 Å². The molecule has 0 unspecified atom stereocenters. The number of carbonyl (C=O) groups is 1. The van der Waals surface area contributed by atoms with Crippen LogP contribution in [0, 0.1) is 6.92 Å². The van der Waals surface area contributed by atoms with Crippen LogP contribution in [-0.2, 0) is 14.6 Å². The molecule has 0 bridgehead atoms. The average Bonchev–Trinajstić information content (AvgIpc) is 3.58. The van der Waals surface area contributed by atoms with Gasteiger partial charge < -0.3 is 26.0 Å². The molecular formula is C31H38N8O4S. The van der Waals surface area contributed by atoms with Gasteiger partial charge in [0.05, 0.1) is 40.4 Å². The van der Waals surface area contributed by atoms with E-state index >= 15 is 0 Å². The Morgan fingerprint density at radius 1 is 1.07 bits per heavy atom. The van der Waals surface area contributed by atoms with Gasteiger partial charge in [-0.2, -0.15) is 19.6 Å². The number of para-hydroxylation sites is 1. The number of rotatable bonds is 9. The predicted molar refractivity (Wildman–Crippen MR) is 169 cm³/mol. The fourth-order valence-corrected chi connectivity index (χ4v) is 6.94. The minimum atomic E-state index is -3.56. The molecule has 2 aromatic heterocycles. The standard InChI is InChI=1S/C31H38N8O4S/c1-19(2)44(41,42)26-8-6-5-7-23(26)35-30-37-29(36-27-9-14-33-39(27)30)34-24-17-20(3)22(18-25(24)43-4)21-10-15-38(16-11-21)28(40)31(32)12-13-31/h5-9,14,17-19,21H,10-13,15-16,32H2,1-4H3,(H2,34,35,36,37). The minimum Gasteiger partial charge on any atom is -0.495 e. The van der Waals surface area contributed by atoms with E-state index in [0.29, 0.717) is 47.7 Å². The fraction of sp³-hybridized carbons (Fsp3) is 0.419. The van der Waals surface area contributed by atoms with Gasteiger partial charge in [-0.3, -0.25) is 4.79 Å². The number of nitrogens with two attached hydrogens (primary N) is 1. The van der Waals surface area contributed by atoms with E-state index in [1.165, 1.54) is 10.1 Å². The normalized spacial score (nSPS) is 16.7. The van der Waals surface area contributed by atoms with Crippen LogP contribution in [0.5, 0.6) is 5.75 Å². The zero-order valence-corrected chi connectivity index (χ0v) is 26.2. The van der Waals surface area contributed by atoms with Crippen LogP contribution in [0.15, 0.2) is 53.6 Å². The number of hydrogen-bond donors (Lipinski definition) is 3. The number of aromatic nitrogens is 4. The summed E-state index contributed by atoms with van der Waals surface area (Å²) >= 11 is 0. The highest BCUT2D eigenvalue weighted by molar-refractivity contribution is 7.92. The molecule has 1 saturated heterocycles. The van der Waals surface area contributed by atoms with Gasteiger partial charge in [-0.15, -0.1) is 0 Å². The van der Waals surface area contributed by atoms with E-state index < -0.39 is 20.6 Å². The number of hydrogen-bond acceptors (Lipinski definition) is 10. The van der Waals surface area contributed by atoms with Gasteiger partial charge in [0.1, 0.15) is 5.75 Å². The number of nitrogens with one attached hydrogen (secondary N) is 2. The predicted octanol–water partition coefficient (Wildman–Crippen LogP) is 4.31. The molecule has 2 aliphatic rings. The molecule has 13 heteroatoms. The maximum absolute atomic E-state index is 13.1. The number of carbonyl (C=O) groups excluding carboxylic acids is 1. The number of ether oxygens (including phenoxy) is 1. The van der Waals surface area contributed by atoms with Crippen LogP contribution in [0.3, 0.4) is 0 Å². The van der Waals surface area contributed by atoms with Crippen LogP contribution in [0.1, 0.15) is 56.6 Å². The van der Waals surface area contributed by atoms with E-state index in [1.807, 2.05) is 11.0 Å². The van der Waals surface area contributed by atoms with E-state index in [0.717, 1.165) is 31.2 Å². The Morgan fingerprint density at radius 3 is 2.48 bits per heavy atom. The summed E-state index contributed by atoms with van der Waals surface area (Å²) in [6.07, 6.45) is 4.88. The molecule has 2 aromatic carbocycles. The molecule has 3 heterocycles. The van der Waals surface area contributed by atoms with Crippen LogP contribution in [-0.4, -0.2) is 69.8 Å². The molecule has 1 saturated carbocycles. The minimum absolute atomic E-state index is 0.0823. The lowest BCUT2D eigenvalue weighted by Gasteiger charge is -2.34. The zero-order chi connectivity index (χ0) is 31.2. The zero-order valence-electron chi connectivity index (χ0n) is 25.4. The van der Waals surface area contributed by atoms with E-state index in [4.69, 9.17) is 10.5 Å². The third kappa shape index (κ3) is 5.57. The van der Waals surface area contributed by atoms with Crippen molar-refractivity contribution in [2.45, 2.75) is 68.1 Å². The molecule has 12 nitrogen and oxygen atoms in total. The Balaban J connectivity index is 1.26. The second kappa shape index (κ2) is 11.4. The van der Waals surface area contributed by atoms with Crippen molar-refractivity contribution in [3.63, 3.8) is 0 Å². The number of sulfone groups is 1. The summed E-state index contributed by atoms with van der Waals surface area (Å²) in [5.74, 6) is 1.61. The number of aryl methyl sites for hydroxylation is 1. The van der Waals surface area contributed by atoms with Gasteiger partial charge in [0, 0.05) is 19.2 Å². The SMILES string of the molecule is COc1cc(C2CCN(C(=O)C3(N)CC3)CC2)c(C)cc1Nc1nc(Nc2ccccc2S(=O)(=O)C(C)C)n2nccc2n1. The highest BCUT2D eigenvalue weighted by atomic mass is 32.2. The Kier molecular flexibility index (Phi) is 7.70. The average molecular weight is 619 g/mol. The lowest BCUT2D eigenvalue weighted by atomic mass is 9.86. The monoisotopic (exact) mass is 618 g/mol. The van der Waals surface area contributed by atoms with Crippen molar-refractivity contribution in [2.75, 3.05) is 30.8 Å². The first-order chi connectivity index (χ1) is 21.0. The number of likely N-dealkylation sites (tertiary alicyclic amines) is 1. The van der Waals surface area contributed by atoms with Crippen molar-refractivity contribution < 1.29 is 17.9 Å². The number of benzene rings is 2. The van der Waals surface area contributed by atoms with Gasteiger partial charge in [0.15, 0.2) is 15.5 Å². The first-order valence-electron chi connectivity index (χ1n) is 14.9. The van der Waals surface area contributed by atoms with Crippen molar-refractivity contribution in [2.24, 2.45) is 5.73 Å². The molecule has 0 atom stereocenters. The van der Waals surface area contributed by atoms with Gasteiger partial charge in [0.25, 0.3) is 0 Å². The van der Waals surface area contributed by atoms with Gasteiger partial charge in [-0.1, -0.05) is 12.1 Å². The summed E-state index contributed by atoms with van der Waals surface area (Å²) in [7, 11) is -1.94. The molecule has 1 amide bonds. The Hall–Kier alpha value is -4.23. The number of fused-ring (bicyclic) bond motifs is 1. The van der Waals surface area contributed by atoms with Gasteiger partial charge >= 0.3 is 0 Å². The summed E-state index contributed by atoms with van der Waals surface area (Å²) in [6.45, 7) is 6.76. The molecule has 0 spiro atoms. The highest BCUT2D eigenvalue weighted by Crippen LogP contribution is 2.40. The maximum atomic E-state index is 13.1. The topological polar surface area (TPSA) is 157 Å². The Morgan fingerprint density at radius 2 is 1.80 bits per heavy atom. The molecule has 232 valence electrons. The van der Waals surface area contributed by atoms with E-state index in [-0.39, 0.29) is 16.8 Å². The first-order valence-corrected chi connectivity index (χ1v) is 16.4. The molecule has 4 N–H and O–H groups in total. The number of piperidine rings is 1. The van der Waals surface area contributed by atoms with E-state index in [1.54, 1.807) is 57.5 Å². The van der Waals surface area contributed by atoms with E-state index in [9.17, 15) is 13.2 Å². The first kappa shape index (κ1) is 29.8. The van der Waals surface area contributed by atoms with Crippen LogP contribution in [0.25, 0.3) is 5.65 Å². The molecule has 1 aliphatic carbocycles. The number of methoxy groups -OCH3 is 1. The Bertz CT molecular complexity index is 1830. The molecule has 1 aliphatic heterocycles. The fourth-order valence-electron chi connectivity index (χ4n) is 5.74. The summed E-state index contributed by atoms with van der Waals surface area (Å²) in [4.78, 5) is 24.1. The number of anilines is 4. The van der Waals surface area contributed by atoms with Crippen LogP contribution in [0.2, 0.25) is 0 Å². The van der Waals surface area contributed by atoms with Crippen LogP contribution >= 0.6 is 0 Å². The molecule has 2 fully saturated rings. The quantitative estimate of drug-likeness (QED) is 0.247. The van der Waals surface area contributed by atoms with Gasteiger partial charge in [0.2, 0.25) is 17.8 Å². The third-order valence-electron chi connectivity index (χ3n) is 8.59. The van der Waals surface area contributed by atoms with Crippen molar-refractivity contribution in [1.29, 1.82) is 0 Å². The lowest BCUT2D eigenvalue weighted by Crippen LogP contribution is -2.48. The Labute approximate surface area is 256 Å². The van der Waals surface area contributed by atoms with Gasteiger partial charge in [-0.05, 0) is 87.8 Å². The highest BCUT2D eigenvalue weighted by Gasteiger charge is 2.48. The molecule has 4 aromatic rings. The second-order valence-electron chi connectivity index (χ2n) is 11.9. The van der Waals surface area contributed by atoms with Crippen LogP contribution < -0.4 is 21.1 Å². The van der Waals surface area contributed by atoms with Crippen LogP contribution in [0.4, 0.5) is 23.3 Å². The van der Waals surface area contributed by atoms with Crippen molar-refractivity contribution in [1.82, 2.24) is 24.5 Å². The molecule has 6 rings (SSSR count). The molecular weight excluding hydrogens is 580 g/mol. The molecule has 0 radical (unpaired) electrons. The summed E-state index contributed by atoms with van der Waals surface area (Å²) < 4.78 is 33.4. The van der Waals surface area contributed by atoms with Crippen molar-refractivity contribution in [3.8, 4) is 5.75 Å². The van der Waals surface area contributed by atoms with Crippen molar-refractivity contribution >= 4 is 44.7 Å². The van der Waals surface area contributed by atoms with Gasteiger partial charge in [-0.25, -0.2) is 8.42 Å². The maximum Gasteiger partial charge on any atom is 0.242 e. The second-order valence-corrected chi connectivity index (χ2v) is 14.4. The third-order valence-corrected chi connectivity index (χ3v) is 10.8. The largest absolute Gasteiger partial charge is 0.495 e. The summed E-state index contributed by atoms with van der Waals surface area (Å²) in [6, 6.07) is 12.6. The smallest absolute Gasteiger partial charge is 0.242 e. The molecule has 44 heavy (non-hydrogen) atoms.